The normalized spacial score (nSPS) is 11.9. The molecule has 0 saturated heterocycles. The molecule has 0 aliphatic carbocycles. The number of fused-ring (bicyclic) bond motifs is 1. The third kappa shape index (κ3) is 1.71. The van der Waals surface area contributed by atoms with E-state index in [-0.39, 0.29) is 16.9 Å². The van der Waals surface area contributed by atoms with Crippen molar-refractivity contribution < 1.29 is 9.90 Å². The number of hydrogen-bond acceptors (Lipinski definition) is 4. The Bertz CT molecular complexity index is 595. The summed E-state index contributed by atoms with van der Waals surface area (Å²) in [4.78, 5) is 19.1. The quantitative estimate of drug-likeness (QED) is 0.779. The van der Waals surface area contributed by atoms with Crippen LogP contribution < -0.4 is 5.73 Å². The third-order valence-electron chi connectivity index (χ3n) is 2.57. The average molecular weight is 234 g/mol. The molecule has 0 spiro atoms. The van der Waals surface area contributed by atoms with Crippen LogP contribution in [-0.4, -0.2) is 25.6 Å². The van der Waals surface area contributed by atoms with Crippen molar-refractivity contribution in [3.05, 3.63) is 18.1 Å². The molecule has 0 aliphatic heterocycles. The smallest absolute Gasteiger partial charge is 0.338 e. The van der Waals surface area contributed by atoms with Gasteiger partial charge in [-0.15, -0.1) is 0 Å². The Balaban J connectivity index is 2.90. The highest BCUT2D eigenvalue weighted by Gasteiger charge is 2.23. The van der Waals surface area contributed by atoms with Gasteiger partial charge < -0.3 is 15.4 Å². The highest BCUT2D eigenvalue weighted by atomic mass is 16.4. The molecule has 2 aromatic heterocycles. The summed E-state index contributed by atoms with van der Waals surface area (Å²) in [5.74, 6) is -0.838. The van der Waals surface area contributed by atoms with E-state index in [1.54, 1.807) is 10.8 Å². The highest BCUT2D eigenvalue weighted by Crippen LogP contribution is 2.28. The van der Waals surface area contributed by atoms with E-state index in [0.29, 0.717) is 11.0 Å². The van der Waals surface area contributed by atoms with Crippen LogP contribution in [0.25, 0.3) is 11.0 Å². The molecule has 0 amide bonds. The maximum atomic E-state index is 11.2. The van der Waals surface area contributed by atoms with E-state index in [2.05, 4.69) is 9.97 Å². The number of rotatable bonds is 1. The number of carboxylic acid groups (broad SMARTS) is 1. The summed E-state index contributed by atoms with van der Waals surface area (Å²) >= 11 is 0. The van der Waals surface area contributed by atoms with E-state index in [4.69, 9.17) is 10.8 Å². The van der Waals surface area contributed by atoms with Crippen molar-refractivity contribution in [2.45, 2.75) is 26.3 Å². The van der Waals surface area contributed by atoms with E-state index >= 15 is 0 Å². The Kier molecular flexibility index (Phi) is 2.30. The molecule has 2 aromatic rings. The molecule has 2 rings (SSSR count). The van der Waals surface area contributed by atoms with Crippen molar-refractivity contribution in [3.63, 3.8) is 0 Å². The summed E-state index contributed by atoms with van der Waals surface area (Å²) in [5, 5.41) is 9.56. The molecule has 90 valence electrons. The van der Waals surface area contributed by atoms with Crippen molar-refractivity contribution in [3.8, 4) is 0 Å². The van der Waals surface area contributed by atoms with Gasteiger partial charge in [-0.1, -0.05) is 0 Å². The van der Waals surface area contributed by atoms with E-state index in [1.807, 2.05) is 20.8 Å². The average Bonchev–Trinajstić information content (AvgIpc) is 2.57. The molecule has 6 heteroatoms. The second-order valence-electron chi connectivity index (χ2n) is 4.85. The number of anilines is 1. The van der Waals surface area contributed by atoms with Gasteiger partial charge in [-0.25, -0.2) is 14.8 Å². The Labute approximate surface area is 98.1 Å². The van der Waals surface area contributed by atoms with Crippen LogP contribution >= 0.6 is 0 Å². The molecule has 0 atom stereocenters. The predicted octanol–water partition coefficient (Wildman–Crippen LogP) is 1.47. The fourth-order valence-corrected chi connectivity index (χ4v) is 1.76. The zero-order chi connectivity index (χ0) is 12.8. The van der Waals surface area contributed by atoms with Crippen LogP contribution in [0.5, 0.6) is 0 Å². The van der Waals surface area contributed by atoms with E-state index in [1.165, 1.54) is 6.33 Å². The standard InChI is InChI=1S/C11H14N4O2/c1-11(2,3)15-4-6(10(16)17)7-8(12)13-5-14-9(7)15/h4-5H,1-3H3,(H,16,17)(H2,12,13,14). The molecule has 17 heavy (non-hydrogen) atoms. The van der Waals surface area contributed by atoms with Crippen molar-refractivity contribution in [1.29, 1.82) is 0 Å². The van der Waals surface area contributed by atoms with Gasteiger partial charge in [0, 0.05) is 11.7 Å². The molecule has 0 bridgehead atoms. The summed E-state index contributed by atoms with van der Waals surface area (Å²) < 4.78 is 1.80. The minimum absolute atomic E-state index is 0.132. The summed E-state index contributed by atoms with van der Waals surface area (Å²) in [6.07, 6.45) is 2.89. The number of aromatic nitrogens is 3. The first-order valence-corrected chi connectivity index (χ1v) is 5.17. The van der Waals surface area contributed by atoms with Gasteiger partial charge in [0.15, 0.2) is 0 Å². The number of hydrogen-bond donors (Lipinski definition) is 2. The van der Waals surface area contributed by atoms with Crippen molar-refractivity contribution in [2.75, 3.05) is 5.73 Å². The van der Waals surface area contributed by atoms with Gasteiger partial charge in [0.25, 0.3) is 0 Å². The second kappa shape index (κ2) is 3.44. The number of nitrogen functional groups attached to an aromatic ring is 1. The largest absolute Gasteiger partial charge is 0.478 e. The first kappa shape index (κ1) is 11.4. The summed E-state index contributed by atoms with van der Waals surface area (Å²) in [6, 6.07) is 0. The molecule has 2 heterocycles. The number of nitrogens with zero attached hydrogens (tertiary/aromatic N) is 3. The fourth-order valence-electron chi connectivity index (χ4n) is 1.76. The number of nitrogens with two attached hydrogens (primary N) is 1. The van der Waals surface area contributed by atoms with Gasteiger partial charge in [0.05, 0.1) is 10.9 Å². The molecule has 0 aromatic carbocycles. The van der Waals surface area contributed by atoms with Gasteiger partial charge in [0.1, 0.15) is 17.8 Å². The molecule has 0 fully saturated rings. The van der Waals surface area contributed by atoms with Crippen molar-refractivity contribution in [1.82, 2.24) is 14.5 Å². The Morgan fingerprint density at radius 1 is 1.41 bits per heavy atom. The predicted molar refractivity (Wildman–Crippen MR) is 63.9 cm³/mol. The van der Waals surface area contributed by atoms with Crippen LogP contribution in [0.2, 0.25) is 0 Å². The van der Waals surface area contributed by atoms with Gasteiger partial charge in [-0.2, -0.15) is 0 Å². The van der Waals surface area contributed by atoms with Gasteiger partial charge in [0.2, 0.25) is 0 Å². The summed E-state index contributed by atoms with van der Waals surface area (Å²) in [6.45, 7) is 5.91. The molecule has 0 aliphatic rings. The van der Waals surface area contributed by atoms with Gasteiger partial charge in [-0.3, -0.25) is 0 Å². The van der Waals surface area contributed by atoms with Crippen molar-refractivity contribution in [2.24, 2.45) is 0 Å². The number of carbonyl (C=O) groups is 1. The lowest BCUT2D eigenvalue weighted by Crippen LogP contribution is -2.21. The minimum Gasteiger partial charge on any atom is -0.478 e. The molecular formula is C11H14N4O2. The second-order valence-corrected chi connectivity index (χ2v) is 4.85. The monoisotopic (exact) mass is 234 g/mol. The zero-order valence-corrected chi connectivity index (χ0v) is 9.93. The minimum atomic E-state index is -1.03. The first-order chi connectivity index (χ1) is 7.82. The van der Waals surface area contributed by atoms with E-state index in [9.17, 15) is 4.79 Å². The molecule has 6 nitrogen and oxygen atoms in total. The molecule has 0 radical (unpaired) electrons. The lowest BCUT2D eigenvalue weighted by atomic mass is 10.1. The van der Waals surface area contributed by atoms with Crippen molar-refractivity contribution >= 4 is 22.8 Å². The highest BCUT2D eigenvalue weighted by molar-refractivity contribution is 6.06. The number of carboxylic acids is 1. The molecule has 0 unspecified atom stereocenters. The first-order valence-electron chi connectivity index (χ1n) is 5.17. The topological polar surface area (TPSA) is 94.0 Å². The maximum Gasteiger partial charge on any atom is 0.338 e. The maximum absolute atomic E-state index is 11.2. The Morgan fingerprint density at radius 3 is 2.59 bits per heavy atom. The van der Waals surface area contributed by atoms with E-state index < -0.39 is 5.97 Å². The summed E-state index contributed by atoms with van der Waals surface area (Å²) in [5.41, 5.74) is 6.13. The van der Waals surface area contributed by atoms with Crippen LogP contribution in [-0.2, 0) is 5.54 Å². The summed E-state index contributed by atoms with van der Waals surface area (Å²) in [7, 11) is 0. The van der Waals surface area contributed by atoms with Crippen LogP contribution in [0.15, 0.2) is 12.5 Å². The van der Waals surface area contributed by atoms with E-state index in [0.717, 1.165) is 0 Å². The molecule has 0 saturated carbocycles. The Hall–Kier alpha value is -2.11. The lowest BCUT2D eigenvalue weighted by molar-refractivity contribution is 0.0698. The van der Waals surface area contributed by atoms with Crippen LogP contribution in [0.1, 0.15) is 31.1 Å². The van der Waals surface area contributed by atoms with Crippen LogP contribution in [0.3, 0.4) is 0 Å². The van der Waals surface area contributed by atoms with Gasteiger partial charge >= 0.3 is 5.97 Å². The lowest BCUT2D eigenvalue weighted by Gasteiger charge is -2.21. The Morgan fingerprint density at radius 2 is 2.06 bits per heavy atom. The number of aromatic carboxylic acids is 1. The molecular weight excluding hydrogens is 220 g/mol. The fraction of sp³-hybridized carbons (Fsp3) is 0.364. The van der Waals surface area contributed by atoms with Crippen LogP contribution in [0.4, 0.5) is 5.82 Å². The molecule has 3 N–H and O–H groups in total. The zero-order valence-electron chi connectivity index (χ0n) is 9.93. The SMILES string of the molecule is CC(C)(C)n1cc(C(=O)O)c2c(N)ncnc21. The van der Waals surface area contributed by atoms with Crippen LogP contribution in [0, 0.1) is 0 Å². The van der Waals surface area contributed by atoms with Gasteiger partial charge in [-0.05, 0) is 20.8 Å². The third-order valence-corrected chi connectivity index (χ3v) is 2.57.